The maximum absolute atomic E-state index is 2.88. The number of hydrogen-bond donors (Lipinski definition) is 0. The molecule has 0 saturated carbocycles. The van der Waals surface area contributed by atoms with Crippen LogP contribution in [0.4, 0.5) is 0 Å². The largest absolute Gasteiger partial charge is 0.273 e. The smallest absolute Gasteiger partial charge is 0 e. The van der Waals surface area contributed by atoms with Crippen molar-refractivity contribution in [1.29, 1.82) is 0 Å². The molecule has 0 unspecified atom stereocenters. The van der Waals surface area contributed by atoms with Crippen LogP contribution in [0.3, 0.4) is 0 Å². The van der Waals surface area contributed by atoms with Crippen molar-refractivity contribution < 1.29 is 16.5 Å². The molecule has 0 N–H and O–H groups in total. The summed E-state index contributed by atoms with van der Waals surface area (Å²) in [6.07, 6.45) is 0. The Balaban J connectivity index is 0.000000250. The Labute approximate surface area is 51.1 Å². The Morgan fingerprint density at radius 1 is 1.50 bits per heavy atom. The van der Waals surface area contributed by atoms with Gasteiger partial charge in [-0.15, -0.1) is 5.38 Å². The van der Waals surface area contributed by atoms with Gasteiger partial charge in [0.2, 0.25) is 0 Å². The van der Waals surface area contributed by atoms with Gasteiger partial charge in [-0.25, -0.2) is 12.1 Å². The van der Waals surface area contributed by atoms with E-state index in [4.69, 9.17) is 0 Å². The quantitative estimate of drug-likeness (QED) is 0.380. The zero-order chi connectivity index (χ0) is 3.54. The van der Waals surface area contributed by atoms with E-state index in [1.807, 2.05) is 16.8 Å². The molecule has 0 aromatic carbocycles. The molecule has 1 aromatic rings. The van der Waals surface area contributed by atoms with E-state index in [2.05, 4.69) is 6.07 Å². The fraction of sp³-hybridized carbons (Fsp3) is 0. The van der Waals surface area contributed by atoms with Crippen molar-refractivity contribution in [3.63, 3.8) is 0 Å². The Kier molecular flexibility index (Phi) is 3.50. The van der Waals surface area contributed by atoms with E-state index in [0.717, 1.165) is 0 Å². The average Bonchev–Trinajstić information content (AvgIpc) is 1.76. The van der Waals surface area contributed by atoms with Crippen LogP contribution in [0.1, 0.15) is 0 Å². The van der Waals surface area contributed by atoms with Crippen LogP contribution >= 0.6 is 11.3 Å². The van der Waals surface area contributed by atoms with Gasteiger partial charge in [-0.05, 0) is 0 Å². The second kappa shape index (κ2) is 3.39. The van der Waals surface area contributed by atoms with Gasteiger partial charge >= 0.3 is 0 Å². The van der Waals surface area contributed by atoms with Crippen molar-refractivity contribution in [3.05, 3.63) is 22.9 Å². The molecule has 0 aliphatic rings. The van der Waals surface area contributed by atoms with E-state index in [1.165, 1.54) is 0 Å². The minimum absolute atomic E-state index is 0. The zero-order valence-corrected chi connectivity index (χ0v) is 4.76. The standard InChI is InChI=1S/C4H3S.Ni/c1-2-4-5-3-1;/h1,3-4H;/q-1;. The molecule has 0 nitrogen and oxygen atoms in total. The van der Waals surface area contributed by atoms with E-state index >= 15 is 0 Å². The van der Waals surface area contributed by atoms with Gasteiger partial charge in [0.25, 0.3) is 0 Å². The second-order valence-corrected chi connectivity index (χ2v) is 1.50. The van der Waals surface area contributed by atoms with Gasteiger partial charge in [0, 0.05) is 16.5 Å². The van der Waals surface area contributed by atoms with Crippen molar-refractivity contribution in [3.8, 4) is 0 Å². The molecule has 0 aliphatic heterocycles. The first-order valence-corrected chi connectivity index (χ1v) is 2.32. The molecule has 6 heavy (non-hydrogen) atoms. The third kappa shape index (κ3) is 1.59. The Hall–Kier alpha value is 0.194. The summed E-state index contributed by atoms with van der Waals surface area (Å²) in [5.41, 5.74) is 0. The topological polar surface area (TPSA) is 0 Å². The summed E-state index contributed by atoms with van der Waals surface area (Å²) in [6.45, 7) is 0. The van der Waals surface area contributed by atoms with Gasteiger partial charge in [0.1, 0.15) is 0 Å². The molecule has 2 heteroatoms. The van der Waals surface area contributed by atoms with Crippen molar-refractivity contribution in [2.45, 2.75) is 0 Å². The molecule has 0 fully saturated rings. The Bertz CT molecular complexity index is 64.0. The van der Waals surface area contributed by atoms with Crippen LogP contribution in [-0.2, 0) is 16.5 Å². The van der Waals surface area contributed by atoms with E-state index < -0.39 is 0 Å². The molecule has 0 amide bonds. The van der Waals surface area contributed by atoms with Crippen LogP contribution in [0.15, 0.2) is 16.8 Å². The molecule has 0 atom stereocenters. The molecule has 36 valence electrons. The maximum atomic E-state index is 2.88. The van der Waals surface area contributed by atoms with Crippen LogP contribution in [0, 0.1) is 6.07 Å². The van der Waals surface area contributed by atoms with Gasteiger partial charge in [0.15, 0.2) is 0 Å². The molecule has 1 heterocycles. The molecule has 0 aliphatic carbocycles. The Morgan fingerprint density at radius 2 is 2.33 bits per heavy atom. The van der Waals surface area contributed by atoms with E-state index in [0.29, 0.717) is 0 Å². The monoisotopic (exact) mass is 141 g/mol. The predicted octanol–water partition coefficient (Wildman–Crippen LogP) is 1.55. The Morgan fingerprint density at radius 3 is 2.50 bits per heavy atom. The summed E-state index contributed by atoms with van der Waals surface area (Å²) < 4.78 is 0. The third-order valence-corrected chi connectivity index (χ3v) is 0.944. The van der Waals surface area contributed by atoms with Gasteiger partial charge in [0.05, 0.1) is 0 Å². The van der Waals surface area contributed by atoms with Crippen molar-refractivity contribution >= 4 is 11.3 Å². The third-order valence-electron chi connectivity index (χ3n) is 0.379. The molecule has 0 saturated heterocycles. The molecule has 0 spiro atoms. The first kappa shape index (κ1) is 6.19. The van der Waals surface area contributed by atoms with E-state index in [9.17, 15) is 0 Å². The van der Waals surface area contributed by atoms with Crippen LogP contribution in [0.25, 0.3) is 0 Å². The van der Waals surface area contributed by atoms with Gasteiger partial charge < -0.3 is 0 Å². The van der Waals surface area contributed by atoms with Crippen LogP contribution in [-0.4, -0.2) is 0 Å². The SMILES string of the molecule is [Ni].[c-]1ccsc1. The summed E-state index contributed by atoms with van der Waals surface area (Å²) in [5, 5.41) is 3.90. The minimum atomic E-state index is 0. The normalized spacial score (nSPS) is 6.67. The average molecular weight is 142 g/mol. The molecule has 0 bridgehead atoms. The van der Waals surface area contributed by atoms with Crippen LogP contribution in [0.5, 0.6) is 0 Å². The first-order chi connectivity index (χ1) is 2.50. The molecule has 0 radical (unpaired) electrons. The first-order valence-electron chi connectivity index (χ1n) is 1.38. The van der Waals surface area contributed by atoms with E-state index in [-0.39, 0.29) is 16.5 Å². The zero-order valence-electron chi connectivity index (χ0n) is 2.96. The predicted molar refractivity (Wildman–Crippen MR) is 23.2 cm³/mol. The summed E-state index contributed by atoms with van der Waals surface area (Å²) in [7, 11) is 0. The maximum Gasteiger partial charge on any atom is 0 e. The summed E-state index contributed by atoms with van der Waals surface area (Å²) in [4.78, 5) is 0. The van der Waals surface area contributed by atoms with Gasteiger partial charge in [-0.3, -0.25) is 11.3 Å². The van der Waals surface area contributed by atoms with Crippen molar-refractivity contribution in [2.75, 3.05) is 0 Å². The molecule has 1 rings (SSSR count). The van der Waals surface area contributed by atoms with Gasteiger partial charge in [-0.2, -0.15) is 5.38 Å². The van der Waals surface area contributed by atoms with Crippen molar-refractivity contribution in [2.24, 2.45) is 0 Å². The van der Waals surface area contributed by atoms with Crippen molar-refractivity contribution in [1.82, 2.24) is 0 Å². The molecular weight excluding hydrogens is 139 g/mol. The fourth-order valence-electron chi connectivity index (χ4n) is 0.196. The molecule has 1 aromatic heterocycles. The summed E-state index contributed by atoms with van der Waals surface area (Å²) >= 11 is 1.66. The van der Waals surface area contributed by atoms with Crippen LogP contribution < -0.4 is 0 Å². The van der Waals surface area contributed by atoms with Crippen LogP contribution in [0.2, 0.25) is 0 Å². The van der Waals surface area contributed by atoms with E-state index in [1.54, 1.807) is 11.3 Å². The second-order valence-electron chi connectivity index (χ2n) is 0.723. The summed E-state index contributed by atoms with van der Waals surface area (Å²) in [6, 6.07) is 4.77. The molecular formula is C4H3NiS-. The minimum Gasteiger partial charge on any atom is -0.273 e. The number of thiophene rings is 1. The fourth-order valence-corrected chi connectivity index (χ4v) is 0.589. The number of rotatable bonds is 0. The van der Waals surface area contributed by atoms with Gasteiger partial charge in [-0.1, -0.05) is 0 Å². The number of hydrogen-bond acceptors (Lipinski definition) is 1. The summed E-state index contributed by atoms with van der Waals surface area (Å²) in [5.74, 6) is 0.